The third-order valence-corrected chi connectivity index (χ3v) is 3.86. The molecule has 0 amide bonds. The van der Waals surface area contributed by atoms with Crippen molar-refractivity contribution in [3.8, 4) is 11.8 Å². The summed E-state index contributed by atoms with van der Waals surface area (Å²) in [7, 11) is -3.38. The molecule has 4 nitrogen and oxygen atoms in total. The van der Waals surface area contributed by atoms with Crippen molar-refractivity contribution in [1.82, 2.24) is 0 Å². The van der Waals surface area contributed by atoms with Gasteiger partial charge in [0.25, 0.3) is 0 Å². The SMILES string of the molecule is CC(C)(C)CS(=O)(=O)Nc1cccc(C#CCO)c1. The van der Waals surface area contributed by atoms with Gasteiger partial charge in [-0.2, -0.15) is 0 Å². The molecule has 0 spiro atoms. The topological polar surface area (TPSA) is 66.4 Å². The smallest absolute Gasteiger partial charge is 0.233 e. The fourth-order valence-electron chi connectivity index (χ4n) is 1.59. The molecule has 0 unspecified atom stereocenters. The van der Waals surface area contributed by atoms with Crippen LogP contribution in [0.3, 0.4) is 0 Å². The van der Waals surface area contributed by atoms with Crippen LogP contribution >= 0.6 is 0 Å². The van der Waals surface area contributed by atoms with Crippen LogP contribution < -0.4 is 4.72 Å². The van der Waals surface area contributed by atoms with Gasteiger partial charge in [-0.25, -0.2) is 8.42 Å². The predicted octanol–water partition coefficient (Wildman–Crippen LogP) is 1.82. The number of aliphatic hydroxyl groups is 1. The van der Waals surface area contributed by atoms with Gasteiger partial charge in [-0.05, 0) is 23.6 Å². The van der Waals surface area contributed by atoms with Crippen molar-refractivity contribution in [1.29, 1.82) is 0 Å². The summed E-state index contributed by atoms with van der Waals surface area (Å²) in [5.41, 5.74) is 0.833. The van der Waals surface area contributed by atoms with Gasteiger partial charge in [0, 0.05) is 11.3 Å². The van der Waals surface area contributed by atoms with Gasteiger partial charge in [0.1, 0.15) is 6.61 Å². The molecule has 0 atom stereocenters. The second-order valence-electron chi connectivity index (χ2n) is 5.46. The maximum absolute atomic E-state index is 12.0. The number of rotatable bonds is 3. The Bertz CT molecular complexity index is 589. The van der Waals surface area contributed by atoms with Crippen LogP contribution in [-0.2, 0) is 10.0 Å². The van der Waals surface area contributed by atoms with E-state index in [1.54, 1.807) is 24.3 Å². The molecule has 0 radical (unpaired) electrons. The summed E-state index contributed by atoms with van der Waals surface area (Å²) in [5, 5.41) is 8.63. The second kappa shape index (κ2) is 6.09. The highest BCUT2D eigenvalue weighted by atomic mass is 32.2. The molecule has 0 saturated heterocycles. The van der Waals surface area contributed by atoms with Crippen LogP contribution in [0, 0.1) is 17.3 Å². The molecule has 1 rings (SSSR count). The number of hydrogen-bond donors (Lipinski definition) is 2. The molecule has 2 N–H and O–H groups in total. The first-order valence-electron chi connectivity index (χ1n) is 5.92. The van der Waals surface area contributed by atoms with Gasteiger partial charge < -0.3 is 5.11 Å². The minimum Gasteiger partial charge on any atom is -0.384 e. The summed E-state index contributed by atoms with van der Waals surface area (Å²) < 4.78 is 26.4. The molecule has 5 heteroatoms. The number of benzene rings is 1. The summed E-state index contributed by atoms with van der Waals surface area (Å²) in [6, 6.07) is 6.79. The lowest BCUT2D eigenvalue weighted by Gasteiger charge is -2.18. The van der Waals surface area contributed by atoms with Crippen LogP contribution in [0.5, 0.6) is 0 Å². The number of anilines is 1. The molecule has 0 aliphatic rings. The monoisotopic (exact) mass is 281 g/mol. The standard InChI is InChI=1S/C14H19NO3S/c1-14(2,3)11-19(17,18)15-13-8-4-6-12(10-13)7-5-9-16/h4,6,8,10,15-16H,9,11H2,1-3H3. The lowest BCUT2D eigenvalue weighted by atomic mass is 10.0. The Hall–Kier alpha value is -1.51. The van der Waals surface area contributed by atoms with Crippen LogP contribution in [0.1, 0.15) is 26.3 Å². The zero-order chi connectivity index (χ0) is 14.5. The highest BCUT2D eigenvalue weighted by Crippen LogP contribution is 2.19. The van der Waals surface area contributed by atoms with E-state index in [0.717, 1.165) is 0 Å². The van der Waals surface area contributed by atoms with E-state index in [1.807, 2.05) is 20.8 Å². The van der Waals surface area contributed by atoms with Gasteiger partial charge in [0.15, 0.2) is 0 Å². The lowest BCUT2D eigenvalue weighted by Crippen LogP contribution is -2.26. The maximum atomic E-state index is 12.0. The molecule has 0 aliphatic carbocycles. The zero-order valence-electron chi connectivity index (χ0n) is 11.4. The van der Waals surface area contributed by atoms with E-state index in [2.05, 4.69) is 16.6 Å². The molecule has 0 aliphatic heterocycles. The van der Waals surface area contributed by atoms with Gasteiger partial charge in [0.05, 0.1) is 5.75 Å². The van der Waals surface area contributed by atoms with Crippen molar-refractivity contribution in [2.45, 2.75) is 20.8 Å². The first kappa shape index (κ1) is 15.5. The van der Waals surface area contributed by atoms with Crippen LogP contribution in [0.15, 0.2) is 24.3 Å². The Kier molecular flexibility index (Phi) is 4.98. The van der Waals surface area contributed by atoms with E-state index < -0.39 is 10.0 Å². The predicted molar refractivity (Wildman–Crippen MR) is 77.3 cm³/mol. The first-order chi connectivity index (χ1) is 8.72. The molecule has 1 aromatic carbocycles. The average Bonchev–Trinajstić information content (AvgIpc) is 2.22. The number of hydrogen-bond acceptors (Lipinski definition) is 3. The Morgan fingerprint density at radius 3 is 2.58 bits per heavy atom. The second-order valence-corrected chi connectivity index (χ2v) is 7.18. The summed E-state index contributed by atoms with van der Waals surface area (Å²) in [5.74, 6) is 5.30. The molecule has 19 heavy (non-hydrogen) atoms. The fraction of sp³-hybridized carbons (Fsp3) is 0.429. The molecule has 0 aromatic heterocycles. The van der Waals surface area contributed by atoms with Gasteiger partial charge in [-0.3, -0.25) is 4.72 Å². The van der Waals surface area contributed by atoms with Gasteiger partial charge >= 0.3 is 0 Å². The molecule has 0 bridgehead atoms. The lowest BCUT2D eigenvalue weighted by molar-refractivity contribution is 0.350. The Balaban J connectivity index is 2.88. The summed E-state index contributed by atoms with van der Waals surface area (Å²) in [6.45, 7) is 5.39. The number of sulfonamides is 1. The zero-order valence-corrected chi connectivity index (χ0v) is 12.2. The van der Waals surface area contributed by atoms with E-state index >= 15 is 0 Å². The van der Waals surface area contributed by atoms with Crippen molar-refractivity contribution in [2.75, 3.05) is 17.1 Å². The van der Waals surface area contributed by atoms with Gasteiger partial charge in [-0.1, -0.05) is 38.7 Å². The quantitative estimate of drug-likeness (QED) is 0.831. The Morgan fingerprint density at radius 1 is 1.32 bits per heavy atom. The number of nitrogens with one attached hydrogen (secondary N) is 1. The van der Waals surface area contributed by atoms with Crippen LogP contribution in [0.2, 0.25) is 0 Å². The summed E-state index contributed by atoms with van der Waals surface area (Å²) in [4.78, 5) is 0. The third-order valence-electron chi connectivity index (χ3n) is 2.07. The first-order valence-corrected chi connectivity index (χ1v) is 7.57. The number of aliphatic hydroxyl groups excluding tert-OH is 1. The van der Waals surface area contributed by atoms with Crippen LogP contribution in [-0.4, -0.2) is 25.9 Å². The Labute approximate surface area is 114 Å². The fourth-order valence-corrected chi connectivity index (χ4v) is 3.29. The summed E-state index contributed by atoms with van der Waals surface area (Å²) in [6.07, 6.45) is 0. The van der Waals surface area contributed by atoms with Crippen molar-refractivity contribution in [3.63, 3.8) is 0 Å². The largest absolute Gasteiger partial charge is 0.384 e. The van der Waals surface area contributed by atoms with Crippen molar-refractivity contribution < 1.29 is 13.5 Å². The molecular weight excluding hydrogens is 262 g/mol. The Morgan fingerprint density at radius 2 is 2.00 bits per heavy atom. The highest BCUT2D eigenvalue weighted by molar-refractivity contribution is 7.92. The van der Waals surface area contributed by atoms with Gasteiger partial charge in [-0.15, -0.1) is 0 Å². The van der Waals surface area contributed by atoms with Crippen molar-refractivity contribution in [3.05, 3.63) is 29.8 Å². The molecule has 1 aromatic rings. The van der Waals surface area contributed by atoms with Crippen molar-refractivity contribution >= 4 is 15.7 Å². The minimum atomic E-state index is -3.38. The molecule has 0 heterocycles. The molecule has 0 fully saturated rings. The summed E-state index contributed by atoms with van der Waals surface area (Å²) >= 11 is 0. The van der Waals surface area contributed by atoms with E-state index in [9.17, 15) is 8.42 Å². The maximum Gasteiger partial charge on any atom is 0.233 e. The average molecular weight is 281 g/mol. The minimum absolute atomic E-state index is 0.0482. The van der Waals surface area contributed by atoms with Crippen LogP contribution in [0.25, 0.3) is 0 Å². The normalized spacial score (nSPS) is 11.6. The molecular formula is C14H19NO3S. The molecule has 0 saturated carbocycles. The van der Waals surface area contributed by atoms with E-state index in [0.29, 0.717) is 11.3 Å². The van der Waals surface area contributed by atoms with Crippen LogP contribution in [0.4, 0.5) is 5.69 Å². The van der Waals surface area contributed by atoms with E-state index in [1.165, 1.54) is 0 Å². The molecule has 104 valence electrons. The van der Waals surface area contributed by atoms with E-state index in [-0.39, 0.29) is 17.8 Å². The third kappa shape index (κ3) is 6.27. The highest BCUT2D eigenvalue weighted by Gasteiger charge is 2.21. The van der Waals surface area contributed by atoms with E-state index in [4.69, 9.17) is 5.11 Å². The van der Waals surface area contributed by atoms with Gasteiger partial charge in [0.2, 0.25) is 10.0 Å². The van der Waals surface area contributed by atoms with Crippen molar-refractivity contribution in [2.24, 2.45) is 5.41 Å².